The van der Waals surface area contributed by atoms with Crippen molar-refractivity contribution in [2.45, 2.75) is 39.2 Å². The number of aromatic amines is 1. The second-order valence-corrected chi connectivity index (χ2v) is 7.83. The first-order chi connectivity index (χ1) is 12.7. The van der Waals surface area contributed by atoms with Gasteiger partial charge in [-0.3, -0.25) is 10.1 Å². The van der Waals surface area contributed by atoms with Crippen molar-refractivity contribution in [2.24, 2.45) is 5.92 Å². The van der Waals surface area contributed by atoms with Crippen molar-refractivity contribution in [3.05, 3.63) is 28.3 Å². The number of anilines is 1. The van der Waals surface area contributed by atoms with E-state index in [4.69, 9.17) is 4.74 Å². The lowest BCUT2D eigenvalue weighted by molar-refractivity contribution is -0.384. The fraction of sp³-hybridized carbons (Fsp3) is 0.556. The maximum atomic E-state index is 11.8. The summed E-state index contributed by atoms with van der Waals surface area (Å²) in [5.74, 6) is 1.11. The first-order valence-corrected chi connectivity index (χ1v) is 9.07. The average Bonchev–Trinajstić information content (AvgIpc) is 3.02. The molecule has 1 aromatic heterocycles. The molecule has 2 N–H and O–H groups in total. The molecule has 0 aliphatic carbocycles. The number of hydrogen-bond donors (Lipinski definition) is 2. The predicted molar refractivity (Wildman–Crippen MR) is 102 cm³/mol. The number of non-ortho nitro benzene ring substituents is 1. The topological polar surface area (TPSA) is 113 Å². The molecule has 0 unspecified atom stereocenters. The normalized spacial score (nSPS) is 15.7. The summed E-state index contributed by atoms with van der Waals surface area (Å²) in [4.78, 5) is 32.1. The molecule has 9 heteroatoms. The molecule has 1 aromatic carbocycles. The van der Waals surface area contributed by atoms with Gasteiger partial charge in [0.05, 0.1) is 16.0 Å². The van der Waals surface area contributed by atoms with Crippen LogP contribution < -0.4 is 10.2 Å². The molecule has 0 bridgehead atoms. The highest BCUT2D eigenvalue weighted by atomic mass is 16.6. The highest BCUT2D eigenvalue weighted by Crippen LogP contribution is 2.25. The number of H-pyrrole nitrogens is 1. The number of aromatic nitrogens is 2. The third-order valence-electron chi connectivity index (χ3n) is 4.51. The minimum absolute atomic E-state index is 0.0459. The van der Waals surface area contributed by atoms with Gasteiger partial charge in [-0.25, -0.2) is 9.78 Å². The lowest BCUT2D eigenvalue weighted by atomic mass is 9.97. The lowest BCUT2D eigenvalue weighted by Gasteiger charge is -2.32. The van der Waals surface area contributed by atoms with Gasteiger partial charge >= 0.3 is 6.09 Å². The molecule has 1 aliphatic heterocycles. The Morgan fingerprint density at radius 3 is 2.74 bits per heavy atom. The lowest BCUT2D eigenvalue weighted by Crippen LogP contribution is -2.40. The number of carbonyl (C=O) groups excluding carboxylic acids is 1. The van der Waals surface area contributed by atoms with Crippen LogP contribution in [-0.4, -0.2) is 46.2 Å². The van der Waals surface area contributed by atoms with Crippen molar-refractivity contribution in [2.75, 3.05) is 24.5 Å². The summed E-state index contributed by atoms with van der Waals surface area (Å²) in [7, 11) is 0. The fourth-order valence-electron chi connectivity index (χ4n) is 3.14. The quantitative estimate of drug-likeness (QED) is 0.626. The zero-order chi connectivity index (χ0) is 19.6. The molecule has 2 aromatic rings. The fourth-order valence-corrected chi connectivity index (χ4v) is 3.14. The largest absolute Gasteiger partial charge is 0.444 e. The van der Waals surface area contributed by atoms with Gasteiger partial charge < -0.3 is 19.9 Å². The Bertz CT molecular complexity index is 834. The molecular weight excluding hydrogens is 350 g/mol. The van der Waals surface area contributed by atoms with E-state index in [1.807, 2.05) is 20.8 Å². The van der Waals surface area contributed by atoms with Gasteiger partial charge in [0.1, 0.15) is 5.60 Å². The van der Waals surface area contributed by atoms with E-state index in [0.29, 0.717) is 23.5 Å². The molecule has 2 heterocycles. The maximum absolute atomic E-state index is 11.8. The van der Waals surface area contributed by atoms with Gasteiger partial charge in [0.2, 0.25) is 5.95 Å². The van der Waals surface area contributed by atoms with Crippen molar-refractivity contribution in [1.29, 1.82) is 0 Å². The van der Waals surface area contributed by atoms with Gasteiger partial charge in [-0.15, -0.1) is 0 Å². The Labute approximate surface area is 157 Å². The minimum atomic E-state index is -0.496. The third kappa shape index (κ3) is 4.87. The van der Waals surface area contributed by atoms with E-state index in [0.717, 1.165) is 31.9 Å². The van der Waals surface area contributed by atoms with E-state index in [2.05, 4.69) is 20.2 Å². The van der Waals surface area contributed by atoms with Crippen LogP contribution in [0.3, 0.4) is 0 Å². The number of amides is 1. The number of hydrogen-bond acceptors (Lipinski definition) is 6. The zero-order valence-corrected chi connectivity index (χ0v) is 15.8. The van der Waals surface area contributed by atoms with E-state index in [-0.39, 0.29) is 11.8 Å². The molecule has 9 nitrogen and oxygen atoms in total. The summed E-state index contributed by atoms with van der Waals surface area (Å²) in [6.45, 7) is 7.73. The Kier molecular flexibility index (Phi) is 5.20. The second-order valence-electron chi connectivity index (χ2n) is 7.83. The number of nitrogens with zero attached hydrogens (tertiary/aromatic N) is 3. The Balaban J connectivity index is 1.54. The van der Waals surface area contributed by atoms with Crippen molar-refractivity contribution in [1.82, 2.24) is 15.3 Å². The third-order valence-corrected chi connectivity index (χ3v) is 4.51. The molecule has 1 saturated heterocycles. The Hall–Kier alpha value is -2.84. The van der Waals surface area contributed by atoms with Gasteiger partial charge in [0, 0.05) is 31.8 Å². The summed E-state index contributed by atoms with van der Waals surface area (Å²) < 4.78 is 5.26. The number of imidazole rings is 1. The minimum Gasteiger partial charge on any atom is -0.444 e. The molecule has 1 amide bonds. The number of fused-ring (bicyclic) bond motifs is 1. The van der Waals surface area contributed by atoms with Crippen LogP contribution in [0.2, 0.25) is 0 Å². The highest BCUT2D eigenvalue weighted by Gasteiger charge is 2.23. The first kappa shape index (κ1) is 18.9. The van der Waals surface area contributed by atoms with Crippen molar-refractivity contribution in [3.8, 4) is 0 Å². The summed E-state index contributed by atoms with van der Waals surface area (Å²) in [6, 6.07) is 4.62. The van der Waals surface area contributed by atoms with Gasteiger partial charge in [-0.1, -0.05) is 0 Å². The van der Waals surface area contributed by atoms with E-state index in [1.165, 1.54) is 12.1 Å². The number of rotatable bonds is 4. The zero-order valence-electron chi connectivity index (χ0n) is 15.8. The molecule has 0 radical (unpaired) electrons. The Morgan fingerprint density at radius 1 is 1.41 bits per heavy atom. The molecule has 0 spiro atoms. The molecule has 1 fully saturated rings. The number of nitrogens with one attached hydrogen (secondary N) is 2. The predicted octanol–water partition coefficient (Wildman–Crippen LogP) is 3.21. The van der Waals surface area contributed by atoms with Crippen LogP contribution in [0.5, 0.6) is 0 Å². The molecule has 27 heavy (non-hydrogen) atoms. The van der Waals surface area contributed by atoms with Crippen molar-refractivity contribution >= 4 is 28.8 Å². The van der Waals surface area contributed by atoms with Gasteiger partial charge in [0.25, 0.3) is 5.69 Å². The smallest absolute Gasteiger partial charge is 0.407 e. The number of carbonyl (C=O) groups is 1. The molecule has 146 valence electrons. The van der Waals surface area contributed by atoms with Gasteiger partial charge in [-0.2, -0.15) is 0 Å². The molecule has 0 atom stereocenters. The number of alkyl carbamates (subject to hydrolysis) is 1. The van der Waals surface area contributed by atoms with Crippen molar-refractivity contribution in [3.63, 3.8) is 0 Å². The number of nitro groups is 1. The summed E-state index contributed by atoms with van der Waals surface area (Å²) in [5.41, 5.74) is 0.922. The Morgan fingerprint density at radius 2 is 2.11 bits per heavy atom. The van der Waals surface area contributed by atoms with Crippen molar-refractivity contribution < 1.29 is 14.5 Å². The molecule has 1 aliphatic rings. The highest BCUT2D eigenvalue weighted by molar-refractivity contribution is 5.80. The monoisotopic (exact) mass is 375 g/mol. The number of piperidine rings is 1. The second kappa shape index (κ2) is 7.42. The van der Waals surface area contributed by atoms with E-state index in [1.54, 1.807) is 6.07 Å². The first-order valence-electron chi connectivity index (χ1n) is 9.07. The maximum Gasteiger partial charge on any atom is 0.407 e. The average molecular weight is 375 g/mol. The number of benzene rings is 1. The van der Waals surface area contributed by atoms with E-state index in [9.17, 15) is 14.9 Å². The SMILES string of the molecule is CC(C)(C)OC(=O)NCC1CCN(c2nc3ccc([N+](=O)[O-])cc3[nH]2)CC1. The van der Waals surface area contributed by atoms with Gasteiger partial charge in [0.15, 0.2) is 0 Å². The van der Waals surface area contributed by atoms with E-state index < -0.39 is 10.5 Å². The van der Waals surface area contributed by atoms with Crippen LogP contribution in [0.4, 0.5) is 16.4 Å². The summed E-state index contributed by atoms with van der Waals surface area (Å²) in [5, 5.41) is 13.7. The standard InChI is InChI=1S/C18H25N5O4/c1-18(2,3)27-17(24)19-11-12-6-8-22(9-7-12)16-20-14-5-4-13(23(25)26)10-15(14)21-16/h4-5,10,12H,6-9,11H2,1-3H3,(H,19,24)(H,20,21). The molecular formula is C18H25N5O4. The van der Waals surface area contributed by atoms with Crippen LogP contribution in [0.1, 0.15) is 33.6 Å². The number of ether oxygens (including phenoxy) is 1. The number of nitro benzene ring substituents is 1. The molecule has 3 rings (SSSR count). The van der Waals surface area contributed by atoms with Crippen LogP contribution >= 0.6 is 0 Å². The van der Waals surface area contributed by atoms with Crippen LogP contribution in [0, 0.1) is 16.0 Å². The van der Waals surface area contributed by atoms with Crippen LogP contribution in [0.15, 0.2) is 18.2 Å². The van der Waals surface area contributed by atoms with E-state index >= 15 is 0 Å². The summed E-state index contributed by atoms with van der Waals surface area (Å²) in [6.07, 6.45) is 1.46. The van der Waals surface area contributed by atoms with Crippen LogP contribution in [0.25, 0.3) is 11.0 Å². The van der Waals surface area contributed by atoms with Gasteiger partial charge in [-0.05, 0) is 45.6 Å². The summed E-state index contributed by atoms with van der Waals surface area (Å²) >= 11 is 0. The van der Waals surface area contributed by atoms with Crippen LogP contribution in [-0.2, 0) is 4.74 Å². The molecule has 0 saturated carbocycles.